The first kappa shape index (κ1) is 67.6. The summed E-state index contributed by atoms with van der Waals surface area (Å²) in [7, 11) is 0. The van der Waals surface area contributed by atoms with E-state index in [2.05, 4.69) is 106 Å². The van der Waals surface area contributed by atoms with E-state index in [1.165, 1.54) is 128 Å². The first-order valence-corrected chi connectivity index (χ1v) is 30.1. The second kappa shape index (κ2) is 59.2. The maximum Gasteiger partial charge on any atom is 0.306 e. The minimum absolute atomic E-state index is 0.0835. The number of rotatable bonds is 54. The Morgan fingerprint density at radius 2 is 0.549 bits per heavy atom. The van der Waals surface area contributed by atoms with E-state index in [9.17, 15) is 14.4 Å². The lowest BCUT2D eigenvalue weighted by Crippen LogP contribution is -2.30. The molecule has 0 spiro atoms. The molecule has 0 aliphatic heterocycles. The summed E-state index contributed by atoms with van der Waals surface area (Å²) in [6, 6.07) is 0. The number of unbranched alkanes of at least 4 members (excludes halogenated alkanes) is 29. The van der Waals surface area contributed by atoms with Crippen LogP contribution in [0.2, 0.25) is 0 Å². The second-order valence-corrected chi connectivity index (χ2v) is 19.9. The molecule has 0 saturated carbocycles. The predicted molar refractivity (Wildman–Crippen MR) is 307 cm³/mol. The first-order chi connectivity index (χ1) is 35.0. The molecule has 0 aliphatic rings. The number of hydrogen-bond donors (Lipinski definition) is 0. The van der Waals surface area contributed by atoms with Crippen molar-refractivity contribution in [2.45, 2.75) is 297 Å². The van der Waals surface area contributed by atoms with Crippen LogP contribution in [0.1, 0.15) is 290 Å². The Bertz CT molecular complexity index is 1370. The lowest BCUT2D eigenvalue weighted by Gasteiger charge is -2.18. The van der Waals surface area contributed by atoms with Crippen LogP contribution in [0.5, 0.6) is 0 Å². The highest BCUT2D eigenvalue weighted by Gasteiger charge is 2.19. The van der Waals surface area contributed by atoms with Crippen molar-refractivity contribution in [3.05, 3.63) is 85.1 Å². The van der Waals surface area contributed by atoms with E-state index >= 15 is 0 Å². The Hall–Kier alpha value is -3.41. The third kappa shape index (κ3) is 57.4. The Balaban J connectivity index is 4.08. The molecule has 0 bridgehead atoms. The highest BCUT2D eigenvalue weighted by atomic mass is 16.6. The fraction of sp³-hybridized carbons (Fsp3) is 0.738. The molecule has 0 aromatic carbocycles. The molecule has 6 nitrogen and oxygen atoms in total. The normalized spacial score (nSPS) is 12.7. The van der Waals surface area contributed by atoms with Crippen LogP contribution in [0, 0.1) is 0 Å². The van der Waals surface area contributed by atoms with Crippen LogP contribution in [-0.2, 0) is 28.6 Å². The number of esters is 3. The highest BCUT2D eigenvalue weighted by molar-refractivity contribution is 5.71. The molecule has 1 atom stereocenters. The molecule has 71 heavy (non-hydrogen) atoms. The van der Waals surface area contributed by atoms with E-state index in [1.807, 2.05) is 0 Å². The van der Waals surface area contributed by atoms with E-state index in [-0.39, 0.29) is 31.1 Å². The molecule has 408 valence electrons. The standard InChI is InChI=1S/C65H112O6/c1-4-7-10-13-15-17-19-21-23-25-27-29-30-31-32-33-34-36-37-39-41-43-45-47-49-52-55-58-64(67)70-61-62(60-69-63(66)57-54-51-12-9-6-3)71-65(68)59-56-53-50-48-46-44-42-40-38-35-28-26-24-22-20-18-16-14-11-8-5-2/h8,11,16,18-19,21-22,24-25,27-28,35,40,42,62H,4-7,9-10,12-15,17,20,23,26,29-34,36-39,41,43-61H2,1-3H3/b11-8-,18-16-,21-19-,24-22-,27-25-,35-28-,42-40-. The molecule has 6 heteroatoms. The quantitative estimate of drug-likeness (QED) is 0.0261. The van der Waals surface area contributed by atoms with Gasteiger partial charge in [0.2, 0.25) is 0 Å². The zero-order valence-corrected chi connectivity index (χ0v) is 46.7. The van der Waals surface area contributed by atoms with E-state index < -0.39 is 6.10 Å². The number of carbonyl (C=O) groups excluding carboxylic acids is 3. The summed E-state index contributed by atoms with van der Waals surface area (Å²) >= 11 is 0. The van der Waals surface area contributed by atoms with Crippen LogP contribution in [0.25, 0.3) is 0 Å². The summed E-state index contributed by atoms with van der Waals surface area (Å²) in [6.45, 7) is 6.43. The van der Waals surface area contributed by atoms with Crippen molar-refractivity contribution in [1.29, 1.82) is 0 Å². The maximum atomic E-state index is 12.8. The smallest absolute Gasteiger partial charge is 0.306 e. The van der Waals surface area contributed by atoms with Gasteiger partial charge in [-0.15, -0.1) is 0 Å². The van der Waals surface area contributed by atoms with Crippen molar-refractivity contribution in [2.24, 2.45) is 0 Å². The summed E-state index contributed by atoms with van der Waals surface area (Å²) in [5.74, 6) is -0.911. The Morgan fingerprint density at radius 1 is 0.296 bits per heavy atom. The molecule has 0 heterocycles. The fourth-order valence-electron chi connectivity index (χ4n) is 8.38. The first-order valence-electron chi connectivity index (χ1n) is 30.1. The molecule has 0 aliphatic carbocycles. The topological polar surface area (TPSA) is 78.9 Å². The monoisotopic (exact) mass is 989 g/mol. The molecule has 0 saturated heterocycles. The van der Waals surface area contributed by atoms with Gasteiger partial charge < -0.3 is 14.2 Å². The van der Waals surface area contributed by atoms with Gasteiger partial charge in [-0.25, -0.2) is 0 Å². The van der Waals surface area contributed by atoms with E-state index in [0.717, 1.165) is 122 Å². The molecule has 1 unspecified atom stereocenters. The van der Waals surface area contributed by atoms with Crippen LogP contribution in [0.4, 0.5) is 0 Å². The Kier molecular flexibility index (Phi) is 56.3. The third-order valence-corrected chi connectivity index (χ3v) is 12.9. The van der Waals surface area contributed by atoms with Gasteiger partial charge in [0.05, 0.1) is 0 Å². The van der Waals surface area contributed by atoms with Crippen molar-refractivity contribution in [3.63, 3.8) is 0 Å². The summed E-state index contributed by atoms with van der Waals surface area (Å²) in [4.78, 5) is 37.8. The summed E-state index contributed by atoms with van der Waals surface area (Å²) in [5, 5.41) is 0. The molecule has 0 rings (SSSR count). The van der Waals surface area contributed by atoms with Gasteiger partial charge in [-0.05, 0) is 96.3 Å². The maximum absolute atomic E-state index is 12.8. The third-order valence-electron chi connectivity index (χ3n) is 12.9. The largest absolute Gasteiger partial charge is 0.462 e. The molecule has 0 N–H and O–H groups in total. The second-order valence-electron chi connectivity index (χ2n) is 19.9. The molecular formula is C65H112O6. The van der Waals surface area contributed by atoms with Crippen molar-refractivity contribution in [1.82, 2.24) is 0 Å². The average molecular weight is 990 g/mol. The van der Waals surface area contributed by atoms with Crippen LogP contribution >= 0.6 is 0 Å². The molecule has 0 fully saturated rings. The van der Waals surface area contributed by atoms with Crippen LogP contribution < -0.4 is 0 Å². The van der Waals surface area contributed by atoms with Crippen LogP contribution in [0.3, 0.4) is 0 Å². The minimum Gasteiger partial charge on any atom is -0.462 e. The van der Waals surface area contributed by atoms with Crippen molar-refractivity contribution in [2.75, 3.05) is 13.2 Å². The number of allylic oxidation sites excluding steroid dienone is 14. The average Bonchev–Trinajstić information content (AvgIpc) is 3.37. The van der Waals surface area contributed by atoms with E-state index in [0.29, 0.717) is 19.3 Å². The summed E-state index contributed by atoms with van der Waals surface area (Å²) < 4.78 is 16.7. The van der Waals surface area contributed by atoms with Gasteiger partial charge in [0, 0.05) is 19.3 Å². The van der Waals surface area contributed by atoms with E-state index in [1.54, 1.807) is 0 Å². The number of ether oxygens (including phenoxy) is 3. The van der Waals surface area contributed by atoms with Gasteiger partial charge in [-0.1, -0.05) is 260 Å². The Morgan fingerprint density at radius 3 is 0.859 bits per heavy atom. The van der Waals surface area contributed by atoms with Gasteiger partial charge in [0.15, 0.2) is 6.10 Å². The number of hydrogen-bond acceptors (Lipinski definition) is 6. The fourth-order valence-corrected chi connectivity index (χ4v) is 8.38. The lowest BCUT2D eigenvalue weighted by atomic mass is 10.0. The summed E-state index contributed by atoms with van der Waals surface area (Å²) in [6.07, 6.45) is 77.7. The van der Waals surface area contributed by atoms with Crippen molar-refractivity contribution < 1.29 is 28.6 Å². The van der Waals surface area contributed by atoms with Crippen LogP contribution in [0.15, 0.2) is 85.1 Å². The van der Waals surface area contributed by atoms with Gasteiger partial charge in [0.1, 0.15) is 13.2 Å². The van der Waals surface area contributed by atoms with Gasteiger partial charge in [-0.2, -0.15) is 0 Å². The minimum atomic E-state index is -0.783. The van der Waals surface area contributed by atoms with Crippen molar-refractivity contribution in [3.8, 4) is 0 Å². The molecular weight excluding hydrogens is 877 g/mol. The zero-order chi connectivity index (χ0) is 51.4. The number of carbonyl (C=O) groups is 3. The molecule has 0 radical (unpaired) electrons. The zero-order valence-electron chi connectivity index (χ0n) is 46.7. The SMILES string of the molecule is CC/C=C\C/C=C\C/C=C\C/C=C\C/C=C\CCCCCCCC(=O)OC(COC(=O)CCCCCCC)COC(=O)CCCCCCCCCCCCCCCCC/C=C\C/C=C\CCCCCCC. The van der Waals surface area contributed by atoms with E-state index in [4.69, 9.17) is 14.2 Å². The highest BCUT2D eigenvalue weighted by Crippen LogP contribution is 2.16. The Labute approximate surface area is 439 Å². The summed E-state index contributed by atoms with van der Waals surface area (Å²) in [5.41, 5.74) is 0. The molecule has 0 aromatic heterocycles. The molecule has 0 amide bonds. The van der Waals surface area contributed by atoms with Crippen LogP contribution in [-0.4, -0.2) is 37.2 Å². The van der Waals surface area contributed by atoms with Gasteiger partial charge in [-0.3, -0.25) is 14.4 Å². The van der Waals surface area contributed by atoms with Gasteiger partial charge in [0.25, 0.3) is 0 Å². The van der Waals surface area contributed by atoms with Gasteiger partial charge >= 0.3 is 17.9 Å². The molecule has 0 aromatic rings. The predicted octanol–water partition coefficient (Wildman–Crippen LogP) is 20.3. The van der Waals surface area contributed by atoms with Crippen molar-refractivity contribution >= 4 is 17.9 Å². The lowest BCUT2D eigenvalue weighted by molar-refractivity contribution is -0.167.